The summed E-state index contributed by atoms with van der Waals surface area (Å²) in [5.41, 5.74) is 7.14. The Labute approximate surface area is 194 Å². The normalized spacial score (nSPS) is 15.2. The summed E-state index contributed by atoms with van der Waals surface area (Å²) in [7, 11) is 0. The zero-order chi connectivity index (χ0) is 23.7. The van der Waals surface area contributed by atoms with Crippen molar-refractivity contribution in [1.82, 2.24) is 29.0 Å². The Morgan fingerprint density at radius 1 is 1.15 bits per heavy atom. The van der Waals surface area contributed by atoms with Crippen LogP contribution < -0.4 is 16.2 Å². The van der Waals surface area contributed by atoms with Crippen LogP contribution in [0.1, 0.15) is 19.4 Å². The predicted octanol–water partition coefficient (Wildman–Crippen LogP) is 2.15. The van der Waals surface area contributed by atoms with Gasteiger partial charge in [0.05, 0.1) is 17.9 Å². The van der Waals surface area contributed by atoms with Gasteiger partial charge in [0, 0.05) is 19.2 Å². The van der Waals surface area contributed by atoms with E-state index >= 15 is 0 Å². The maximum atomic E-state index is 13.6. The number of aromatic nitrogens is 5. The van der Waals surface area contributed by atoms with Gasteiger partial charge in [-0.05, 0) is 37.5 Å². The summed E-state index contributed by atoms with van der Waals surface area (Å²) in [5, 5.41) is 0. The lowest BCUT2D eigenvalue weighted by atomic mass is 10.2. The van der Waals surface area contributed by atoms with Crippen LogP contribution in [0.4, 0.5) is 5.82 Å². The fourth-order valence-electron chi connectivity index (χ4n) is 4.13. The number of hydrogen-bond donors (Lipinski definition) is 1. The fourth-order valence-corrected chi connectivity index (χ4v) is 4.13. The number of benzene rings is 1. The summed E-state index contributed by atoms with van der Waals surface area (Å²) < 4.78 is 8.77. The van der Waals surface area contributed by atoms with Crippen molar-refractivity contribution in [2.45, 2.75) is 19.4 Å². The van der Waals surface area contributed by atoms with E-state index in [0.717, 1.165) is 0 Å². The molecule has 1 saturated heterocycles. The van der Waals surface area contributed by atoms with Crippen LogP contribution in [0.3, 0.4) is 0 Å². The Hall–Kier alpha value is -4.65. The van der Waals surface area contributed by atoms with Gasteiger partial charge >= 0.3 is 5.69 Å². The summed E-state index contributed by atoms with van der Waals surface area (Å²) in [5.74, 6) is 6.14. The summed E-state index contributed by atoms with van der Waals surface area (Å²) in [6, 6.07) is 12.4. The Balaban J connectivity index is 1.54. The van der Waals surface area contributed by atoms with E-state index in [2.05, 4.69) is 26.8 Å². The fraction of sp³-hybridized carbons (Fsp3) is 0.208. The van der Waals surface area contributed by atoms with Gasteiger partial charge in [0.2, 0.25) is 5.88 Å². The van der Waals surface area contributed by atoms with Crippen LogP contribution >= 0.6 is 0 Å². The Bertz CT molecular complexity index is 1480. The standard InChI is InChI=1S/C24H21N7O3/c1-2-6-20(32)29-12-11-17(14-29)31-23-21(22(25)27-15-28-23)30(24(31)33)16-9-10-19(26-13-16)34-18-7-4-3-5-8-18/h3-5,7-10,13,15,17H,11-12,14H2,1H3,(H2,25,27,28)/t17-/m1/s1. The van der Waals surface area contributed by atoms with Crippen LogP contribution in [0.2, 0.25) is 0 Å². The number of nitrogen functional groups attached to an aromatic ring is 1. The number of rotatable bonds is 4. The number of anilines is 1. The van der Waals surface area contributed by atoms with E-state index in [4.69, 9.17) is 10.5 Å². The molecule has 1 amide bonds. The zero-order valence-electron chi connectivity index (χ0n) is 18.4. The van der Waals surface area contributed by atoms with Gasteiger partial charge < -0.3 is 15.4 Å². The molecule has 1 aromatic carbocycles. The molecular weight excluding hydrogens is 434 g/mol. The summed E-state index contributed by atoms with van der Waals surface area (Å²) >= 11 is 0. The first-order chi connectivity index (χ1) is 16.6. The molecule has 1 fully saturated rings. The highest BCUT2D eigenvalue weighted by Crippen LogP contribution is 2.28. The Morgan fingerprint density at radius 3 is 2.71 bits per heavy atom. The summed E-state index contributed by atoms with van der Waals surface area (Å²) in [4.78, 5) is 40.2. The highest BCUT2D eigenvalue weighted by atomic mass is 16.5. The number of ether oxygens (including phenoxy) is 1. The number of nitrogens with two attached hydrogens (primary N) is 1. The topological polar surface area (TPSA) is 121 Å². The van der Waals surface area contributed by atoms with Crippen LogP contribution in [0.15, 0.2) is 59.8 Å². The first-order valence-corrected chi connectivity index (χ1v) is 10.7. The third kappa shape index (κ3) is 3.73. The quantitative estimate of drug-likeness (QED) is 0.468. The highest BCUT2D eigenvalue weighted by molar-refractivity contribution is 5.93. The lowest BCUT2D eigenvalue weighted by Crippen LogP contribution is -2.31. The number of hydrogen-bond acceptors (Lipinski definition) is 7. The number of nitrogens with zero attached hydrogens (tertiary/aromatic N) is 6. The molecule has 10 nitrogen and oxygen atoms in total. The molecule has 0 saturated carbocycles. The van der Waals surface area contributed by atoms with Crippen molar-refractivity contribution in [2.24, 2.45) is 0 Å². The smallest absolute Gasteiger partial charge is 0.335 e. The minimum absolute atomic E-state index is 0.174. The van der Waals surface area contributed by atoms with Gasteiger partial charge in [0.15, 0.2) is 11.5 Å². The van der Waals surface area contributed by atoms with E-state index in [1.54, 1.807) is 28.5 Å². The molecule has 34 heavy (non-hydrogen) atoms. The zero-order valence-corrected chi connectivity index (χ0v) is 18.4. The predicted molar refractivity (Wildman–Crippen MR) is 126 cm³/mol. The number of carbonyl (C=O) groups is 1. The largest absolute Gasteiger partial charge is 0.439 e. The number of amides is 1. The second kappa shape index (κ2) is 8.71. The molecule has 170 valence electrons. The molecule has 1 aliphatic rings. The monoisotopic (exact) mass is 455 g/mol. The van der Waals surface area contributed by atoms with Crippen molar-refractivity contribution in [3.8, 4) is 29.2 Å². The molecule has 2 N–H and O–H groups in total. The van der Waals surface area contributed by atoms with Gasteiger partial charge in [-0.1, -0.05) is 24.1 Å². The number of imidazole rings is 1. The van der Waals surface area contributed by atoms with Crippen LogP contribution in [-0.4, -0.2) is 48.0 Å². The minimum Gasteiger partial charge on any atom is -0.439 e. The van der Waals surface area contributed by atoms with Gasteiger partial charge in [-0.15, -0.1) is 0 Å². The van der Waals surface area contributed by atoms with Gasteiger partial charge in [-0.3, -0.25) is 13.9 Å². The van der Waals surface area contributed by atoms with E-state index in [0.29, 0.717) is 48.0 Å². The maximum absolute atomic E-state index is 13.6. The van der Waals surface area contributed by atoms with Crippen molar-refractivity contribution in [2.75, 3.05) is 18.8 Å². The molecule has 4 aromatic rings. The lowest BCUT2D eigenvalue weighted by molar-refractivity contribution is -0.124. The molecule has 0 unspecified atom stereocenters. The number of likely N-dealkylation sites (tertiary alicyclic amines) is 1. The third-order valence-corrected chi connectivity index (χ3v) is 5.67. The molecule has 0 bridgehead atoms. The number of fused-ring (bicyclic) bond motifs is 1. The van der Waals surface area contributed by atoms with Crippen molar-refractivity contribution in [1.29, 1.82) is 0 Å². The average Bonchev–Trinajstić information content (AvgIpc) is 3.43. The van der Waals surface area contributed by atoms with Crippen molar-refractivity contribution in [3.05, 3.63) is 65.5 Å². The Morgan fingerprint density at radius 2 is 1.97 bits per heavy atom. The molecule has 1 aliphatic heterocycles. The summed E-state index contributed by atoms with van der Waals surface area (Å²) in [6.45, 7) is 2.48. The molecule has 10 heteroatoms. The average molecular weight is 455 g/mol. The molecule has 0 aliphatic carbocycles. The van der Waals surface area contributed by atoms with E-state index in [1.807, 2.05) is 30.3 Å². The molecular formula is C24H21N7O3. The molecule has 0 spiro atoms. The van der Waals surface area contributed by atoms with Gasteiger partial charge in [0.1, 0.15) is 17.6 Å². The van der Waals surface area contributed by atoms with E-state index in [-0.39, 0.29) is 23.5 Å². The molecule has 1 atom stereocenters. The van der Waals surface area contributed by atoms with E-state index in [9.17, 15) is 9.59 Å². The first kappa shape index (κ1) is 21.2. The Kier molecular flexibility index (Phi) is 5.43. The van der Waals surface area contributed by atoms with Crippen LogP contribution in [-0.2, 0) is 4.79 Å². The van der Waals surface area contributed by atoms with Crippen LogP contribution in [0.25, 0.3) is 16.9 Å². The van der Waals surface area contributed by atoms with Crippen LogP contribution in [0, 0.1) is 11.8 Å². The molecule has 0 radical (unpaired) electrons. The second-order valence-electron chi connectivity index (χ2n) is 7.76. The molecule has 5 rings (SSSR count). The van der Waals surface area contributed by atoms with Crippen molar-refractivity contribution < 1.29 is 9.53 Å². The van der Waals surface area contributed by atoms with Gasteiger partial charge in [-0.25, -0.2) is 19.7 Å². The van der Waals surface area contributed by atoms with Crippen molar-refractivity contribution in [3.63, 3.8) is 0 Å². The number of carbonyl (C=O) groups excluding carboxylic acids is 1. The molecule has 4 heterocycles. The molecule has 3 aromatic heterocycles. The highest BCUT2D eigenvalue weighted by Gasteiger charge is 2.31. The lowest BCUT2D eigenvalue weighted by Gasteiger charge is -2.14. The van der Waals surface area contributed by atoms with Crippen molar-refractivity contribution >= 4 is 22.9 Å². The van der Waals surface area contributed by atoms with E-state index in [1.165, 1.54) is 17.1 Å². The third-order valence-electron chi connectivity index (χ3n) is 5.67. The minimum atomic E-state index is -0.332. The number of pyridine rings is 1. The summed E-state index contributed by atoms with van der Waals surface area (Å²) in [6.07, 6.45) is 3.47. The van der Waals surface area contributed by atoms with Gasteiger partial charge in [-0.2, -0.15) is 0 Å². The van der Waals surface area contributed by atoms with Crippen LogP contribution in [0.5, 0.6) is 11.6 Å². The number of para-hydroxylation sites is 1. The first-order valence-electron chi connectivity index (χ1n) is 10.7. The van der Waals surface area contributed by atoms with E-state index < -0.39 is 0 Å². The maximum Gasteiger partial charge on any atom is 0.335 e. The second-order valence-corrected chi connectivity index (χ2v) is 7.76. The SMILES string of the molecule is CC#CC(=O)N1CC[C@@H](n2c(=O)n(-c3ccc(Oc4ccccc4)nc3)c3c(N)ncnc32)C1. The van der Waals surface area contributed by atoms with Gasteiger partial charge in [0.25, 0.3) is 5.91 Å².